The number of carbonyl (C=O) groups is 2. The number of hydrogen-bond donors (Lipinski definition) is 1. The zero-order chi connectivity index (χ0) is 18.6. The second-order valence-corrected chi connectivity index (χ2v) is 7.27. The van der Waals surface area contributed by atoms with Crippen molar-refractivity contribution in [3.8, 4) is 0 Å². The van der Waals surface area contributed by atoms with Crippen LogP contribution < -0.4 is 5.32 Å². The van der Waals surface area contributed by atoms with Crippen LogP contribution in [0, 0.1) is 5.92 Å². The smallest absolute Gasteiger partial charge is 0.253 e. The number of carbonyl (C=O) groups excluding carboxylic acids is 2. The molecule has 1 saturated carbocycles. The highest BCUT2D eigenvalue weighted by atomic mass is 16.2. The first kappa shape index (κ1) is 17.7. The molecule has 2 amide bonds. The van der Waals surface area contributed by atoms with Gasteiger partial charge in [-0.15, -0.1) is 0 Å². The van der Waals surface area contributed by atoms with Crippen molar-refractivity contribution in [1.82, 2.24) is 14.8 Å². The second kappa shape index (κ2) is 7.88. The van der Waals surface area contributed by atoms with Gasteiger partial charge in [0, 0.05) is 62.3 Å². The van der Waals surface area contributed by atoms with Gasteiger partial charge < -0.3 is 10.2 Å². The summed E-state index contributed by atoms with van der Waals surface area (Å²) in [6, 6.07) is 11.2. The number of aromatic nitrogens is 1. The van der Waals surface area contributed by atoms with Crippen LogP contribution in [0.4, 0.5) is 5.69 Å². The van der Waals surface area contributed by atoms with Crippen molar-refractivity contribution in [2.24, 2.45) is 5.92 Å². The van der Waals surface area contributed by atoms with Crippen LogP contribution >= 0.6 is 0 Å². The quantitative estimate of drug-likeness (QED) is 0.885. The Morgan fingerprint density at radius 1 is 1.04 bits per heavy atom. The molecule has 2 heterocycles. The molecule has 0 atom stereocenters. The largest absolute Gasteiger partial charge is 0.336 e. The van der Waals surface area contributed by atoms with E-state index in [1.807, 2.05) is 29.3 Å². The topological polar surface area (TPSA) is 65.5 Å². The number of nitrogens with one attached hydrogen (secondary N) is 1. The first-order valence-electron chi connectivity index (χ1n) is 9.50. The number of amides is 2. The van der Waals surface area contributed by atoms with Crippen molar-refractivity contribution in [3.05, 3.63) is 59.9 Å². The Labute approximate surface area is 159 Å². The first-order chi connectivity index (χ1) is 13.2. The van der Waals surface area contributed by atoms with Gasteiger partial charge in [-0.05, 0) is 48.7 Å². The minimum absolute atomic E-state index is 0.0519. The first-order valence-corrected chi connectivity index (χ1v) is 9.50. The molecule has 0 radical (unpaired) electrons. The molecule has 1 aromatic carbocycles. The van der Waals surface area contributed by atoms with Crippen LogP contribution in [0.25, 0.3) is 0 Å². The van der Waals surface area contributed by atoms with Gasteiger partial charge in [0.15, 0.2) is 0 Å². The lowest BCUT2D eigenvalue weighted by molar-refractivity contribution is -0.117. The predicted octanol–water partition coefficient (Wildman–Crippen LogP) is 2.39. The Hall–Kier alpha value is -2.73. The molecular weight excluding hydrogens is 340 g/mol. The van der Waals surface area contributed by atoms with Crippen LogP contribution in [0.3, 0.4) is 0 Å². The molecule has 1 aliphatic carbocycles. The molecule has 2 aliphatic rings. The standard InChI is InChI=1S/C21H24N4O2/c26-20(17-3-4-17)23-19-7-5-18(6-8-19)21(27)25-12-10-24(11-13-25)15-16-2-1-9-22-14-16/h1-2,5-9,14,17H,3-4,10-13,15H2,(H,23,26). The molecule has 0 unspecified atom stereocenters. The van der Waals surface area contributed by atoms with E-state index >= 15 is 0 Å². The summed E-state index contributed by atoms with van der Waals surface area (Å²) in [4.78, 5) is 32.9. The second-order valence-electron chi connectivity index (χ2n) is 7.27. The Balaban J connectivity index is 1.29. The molecule has 0 bridgehead atoms. The summed E-state index contributed by atoms with van der Waals surface area (Å²) in [5.74, 6) is 0.309. The van der Waals surface area contributed by atoms with E-state index in [4.69, 9.17) is 0 Å². The monoisotopic (exact) mass is 364 g/mol. The zero-order valence-corrected chi connectivity index (χ0v) is 15.3. The number of hydrogen-bond acceptors (Lipinski definition) is 4. The van der Waals surface area contributed by atoms with E-state index in [9.17, 15) is 9.59 Å². The maximum Gasteiger partial charge on any atom is 0.253 e. The summed E-state index contributed by atoms with van der Waals surface area (Å²) < 4.78 is 0. The molecule has 6 heteroatoms. The highest BCUT2D eigenvalue weighted by Crippen LogP contribution is 2.30. The summed E-state index contributed by atoms with van der Waals surface area (Å²) in [5, 5.41) is 2.90. The van der Waals surface area contributed by atoms with Gasteiger partial charge in [-0.3, -0.25) is 19.5 Å². The maximum atomic E-state index is 12.7. The van der Waals surface area contributed by atoms with E-state index < -0.39 is 0 Å². The van der Waals surface area contributed by atoms with Gasteiger partial charge in [-0.25, -0.2) is 0 Å². The third-order valence-corrected chi connectivity index (χ3v) is 5.14. The number of rotatable bonds is 5. The fourth-order valence-corrected chi connectivity index (χ4v) is 3.33. The van der Waals surface area contributed by atoms with Gasteiger partial charge in [0.2, 0.25) is 5.91 Å². The highest BCUT2D eigenvalue weighted by Gasteiger charge is 2.29. The average Bonchev–Trinajstić information content (AvgIpc) is 3.55. The molecule has 1 aromatic heterocycles. The Bertz CT molecular complexity index is 795. The van der Waals surface area contributed by atoms with E-state index in [0.717, 1.165) is 51.3 Å². The van der Waals surface area contributed by atoms with Crippen molar-refractivity contribution in [2.75, 3.05) is 31.5 Å². The molecule has 6 nitrogen and oxygen atoms in total. The number of anilines is 1. The lowest BCUT2D eigenvalue weighted by atomic mass is 10.1. The lowest BCUT2D eigenvalue weighted by Gasteiger charge is -2.34. The maximum absolute atomic E-state index is 12.7. The van der Waals surface area contributed by atoms with Gasteiger partial charge in [0.25, 0.3) is 5.91 Å². The number of benzene rings is 1. The summed E-state index contributed by atoms with van der Waals surface area (Å²) >= 11 is 0. The summed E-state index contributed by atoms with van der Waals surface area (Å²) in [6.45, 7) is 4.02. The van der Waals surface area contributed by atoms with Crippen molar-refractivity contribution >= 4 is 17.5 Å². The van der Waals surface area contributed by atoms with E-state index in [2.05, 4.69) is 21.3 Å². The van der Waals surface area contributed by atoms with Crippen molar-refractivity contribution in [3.63, 3.8) is 0 Å². The molecule has 27 heavy (non-hydrogen) atoms. The van der Waals surface area contributed by atoms with E-state index in [-0.39, 0.29) is 17.7 Å². The van der Waals surface area contributed by atoms with Gasteiger partial charge in [-0.1, -0.05) is 6.07 Å². The fraction of sp³-hybridized carbons (Fsp3) is 0.381. The van der Waals surface area contributed by atoms with E-state index in [1.54, 1.807) is 18.3 Å². The summed E-state index contributed by atoms with van der Waals surface area (Å²) in [5.41, 5.74) is 2.62. The highest BCUT2D eigenvalue weighted by molar-refractivity contribution is 5.96. The number of pyridine rings is 1. The molecule has 1 saturated heterocycles. The average molecular weight is 364 g/mol. The molecule has 2 fully saturated rings. The van der Waals surface area contributed by atoms with Gasteiger partial charge in [0.05, 0.1) is 0 Å². The molecule has 2 aromatic rings. The van der Waals surface area contributed by atoms with Crippen molar-refractivity contribution in [1.29, 1.82) is 0 Å². The summed E-state index contributed by atoms with van der Waals surface area (Å²) in [6.07, 6.45) is 5.63. The zero-order valence-electron chi connectivity index (χ0n) is 15.3. The lowest BCUT2D eigenvalue weighted by Crippen LogP contribution is -2.48. The normalized spacial score (nSPS) is 17.6. The van der Waals surface area contributed by atoms with E-state index in [1.165, 1.54) is 5.56 Å². The van der Waals surface area contributed by atoms with Crippen LogP contribution in [-0.2, 0) is 11.3 Å². The SMILES string of the molecule is O=C(Nc1ccc(C(=O)N2CCN(Cc3cccnc3)CC2)cc1)C1CC1. The van der Waals surface area contributed by atoms with Crippen molar-refractivity contribution < 1.29 is 9.59 Å². The van der Waals surface area contributed by atoms with Gasteiger partial charge >= 0.3 is 0 Å². The Kier molecular flexibility index (Phi) is 5.16. The molecule has 1 N–H and O–H groups in total. The minimum atomic E-state index is 0.0519. The molecule has 0 spiro atoms. The molecule has 1 aliphatic heterocycles. The molecule has 140 valence electrons. The van der Waals surface area contributed by atoms with Gasteiger partial charge in [-0.2, -0.15) is 0 Å². The van der Waals surface area contributed by atoms with Crippen LogP contribution in [0.15, 0.2) is 48.8 Å². The third-order valence-electron chi connectivity index (χ3n) is 5.14. The minimum Gasteiger partial charge on any atom is -0.336 e. The fourth-order valence-electron chi connectivity index (χ4n) is 3.33. The van der Waals surface area contributed by atoms with Gasteiger partial charge in [0.1, 0.15) is 0 Å². The Morgan fingerprint density at radius 3 is 2.41 bits per heavy atom. The Morgan fingerprint density at radius 2 is 1.78 bits per heavy atom. The number of piperazine rings is 1. The third kappa shape index (κ3) is 4.52. The van der Waals surface area contributed by atoms with Crippen LogP contribution in [-0.4, -0.2) is 52.8 Å². The summed E-state index contributed by atoms with van der Waals surface area (Å²) in [7, 11) is 0. The number of nitrogens with zero attached hydrogens (tertiary/aromatic N) is 3. The molecule has 4 rings (SSSR count). The van der Waals surface area contributed by atoms with Crippen molar-refractivity contribution in [2.45, 2.75) is 19.4 Å². The van der Waals surface area contributed by atoms with Crippen LogP contribution in [0.5, 0.6) is 0 Å². The van der Waals surface area contributed by atoms with E-state index in [0.29, 0.717) is 5.56 Å². The van der Waals surface area contributed by atoms with Crippen LogP contribution in [0.2, 0.25) is 0 Å². The van der Waals surface area contributed by atoms with Crippen LogP contribution in [0.1, 0.15) is 28.8 Å². The predicted molar refractivity (Wildman–Crippen MR) is 103 cm³/mol. The molecular formula is C21H24N4O2.